The summed E-state index contributed by atoms with van der Waals surface area (Å²) in [5.41, 5.74) is 3.60. The first-order valence-electron chi connectivity index (χ1n) is 7.68. The zero-order valence-corrected chi connectivity index (χ0v) is 16.4. The van der Waals surface area contributed by atoms with Gasteiger partial charge in [-0.1, -0.05) is 52.7 Å². The molecule has 0 saturated heterocycles. The number of nitrogens with one attached hydrogen (secondary N) is 1. The molecule has 6 nitrogen and oxygen atoms in total. The molecule has 1 aromatic heterocycles. The number of rotatable bonds is 5. The minimum atomic E-state index is -0.214. The lowest BCUT2D eigenvalue weighted by atomic mass is 10.1. The van der Waals surface area contributed by atoms with Crippen LogP contribution in [0.25, 0.3) is 5.69 Å². The van der Waals surface area contributed by atoms with E-state index < -0.39 is 0 Å². The minimum absolute atomic E-state index is 0.143. The lowest BCUT2D eigenvalue weighted by Crippen LogP contribution is -2.15. The normalized spacial score (nSPS) is 10.8. The van der Waals surface area contributed by atoms with E-state index in [-0.39, 0.29) is 11.7 Å². The van der Waals surface area contributed by atoms with Gasteiger partial charge in [0.15, 0.2) is 0 Å². The molecule has 1 amide bonds. The van der Waals surface area contributed by atoms with Crippen molar-refractivity contribution in [3.63, 3.8) is 0 Å². The molecular weight excluding hydrogens is 393 g/mol. The van der Waals surface area contributed by atoms with E-state index in [9.17, 15) is 4.79 Å². The van der Waals surface area contributed by atoms with Crippen LogP contribution in [0.5, 0.6) is 0 Å². The lowest BCUT2D eigenvalue weighted by molar-refractivity contribution is -0.113. The molecule has 3 rings (SSSR count). The number of nitrogens with zero attached hydrogens (tertiary/aromatic N) is 4. The lowest BCUT2D eigenvalue weighted by Gasteiger charge is -2.09. The molecular formula is C17H15Cl2N5OS. The number of amides is 1. The Morgan fingerprint density at radius 2 is 2.00 bits per heavy atom. The van der Waals surface area contributed by atoms with Crippen molar-refractivity contribution >= 4 is 46.6 Å². The fourth-order valence-corrected chi connectivity index (χ4v) is 3.51. The summed E-state index contributed by atoms with van der Waals surface area (Å²) in [4.78, 5) is 12.2. The molecule has 0 aliphatic carbocycles. The third-order valence-corrected chi connectivity index (χ3v) is 5.03. The summed E-state index contributed by atoms with van der Waals surface area (Å²) in [6.07, 6.45) is 0. The molecule has 0 unspecified atom stereocenters. The number of aromatic nitrogens is 4. The van der Waals surface area contributed by atoms with E-state index in [1.807, 2.05) is 26.0 Å². The topological polar surface area (TPSA) is 72.7 Å². The molecule has 0 saturated carbocycles. The summed E-state index contributed by atoms with van der Waals surface area (Å²) in [6.45, 7) is 4.02. The number of anilines is 1. The molecule has 26 heavy (non-hydrogen) atoms. The highest BCUT2D eigenvalue weighted by Crippen LogP contribution is 2.26. The van der Waals surface area contributed by atoms with Crippen molar-refractivity contribution in [1.29, 1.82) is 0 Å². The highest BCUT2D eigenvalue weighted by Gasteiger charge is 2.14. The van der Waals surface area contributed by atoms with Crippen molar-refractivity contribution in [2.24, 2.45) is 0 Å². The molecule has 0 aliphatic rings. The van der Waals surface area contributed by atoms with Crippen molar-refractivity contribution in [3.05, 3.63) is 57.6 Å². The van der Waals surface area contributed by atoms with Gasteiger partial charge < -0.3 is 5.32 Å². The number of aryl methyl sites for hydroxylation is 2. The molecule has 0 radical (unpaired) electrons. The maximum atomic E-state index is 12.2. The second-order valence-corrected chi connectivity index (χ2v) is 7.41. The molecule has 3 aromatic rings. The van der Waals surface area contributed by atoms with Gasteiger partial charge in [0.1, 0.15) is 0 Å². The minimum Gasteiger partial charge on any atom is -0.324 e. The van der Waals surface area contributed by atoms with Gasteiger partial charge in [-0.2, -0.15) is 4.68 Å². The average Bonchev–Trinajstić information content (AvgIpc) is 3.04. The van der Waals surface area contributed by atoms with Crippen LogP contribution in [0.1, 0.15) is 11.1 Å². The highest BCUT2D eigenvalue weighted by molar-refractivity contribution is 7.99. The van der Waals surface area contributed by atoms with E-state index in [0.29, 0.717) is 20.9 Å². The van der Waals surface area contributed by atoms with Crippen LogP contribution in [-0.2, 0) is 4.79 Å². The van der Waals surface area contributed by atoms with Crippen molar-refractivity contribution < 1.29 is 4.79 Å². The van der Waals surface area contributed by atoms with Crippen molar-refractivity contribution in [2.75, 3.05) is 11.1 Å². The van der Waals surface area contributed by atoms with E-state index in [0.717, 1.165) is 16.8 Å². The highest BCUT2D eigenvalue weighted by atomic mass is 35.5. The Balaban J connectivity index is 1.69. The third kappa shape index (κ3) is 4.35. The van der Waals surface area contributed by atoms with Gasteiger partial charge >= 0.3 is 0 Å². The summed E-state index contributed by atoms with van der Waals surface area (Å²) in [6, 6.07) is 10.9. The van der Waals surface area contributed by atoms with Gasteiger partial charge in [-0.15, -0.1) is 5.10 Å². The summed E-state index contributed by atoms with van der Waals surface area (Å²) in [5.74, 6) is -0.0704. The van der Waals surface area contributed by atoms with Gasteiger partial charge in [0.05, 0.1) is 22.2 Å². The van der Waals surface area contributed by atoms with Gasteiger partial charge in [0.25, 0.3) is 0 Å². The zero-order chi connectivity index (χ0) is 18.7. The van der Waals surface area contributed by atoms with Crippen LogP contribution < -0.4 is 5.32 Å². The molecule has 1 heterocycles. The standard InChI is InChI=1S/C17H15Cl2N5OS/c1-10-3-6-15(11(2)7-10)24-17(21-22-23-24)26-9-16(25)20-14-5-4-12(18)8-13(14)19/h3-8H,9H2,1-2H3,(H,20,25). The molecule has 0 atom stereocenters. The number of hydrogen-bond donors (Lipinski definition) is 1. The molecule has 0 bridgehead atoms. The quantitative estimate of drug-likeness (QED) is 0.637. The Hall–Kier alpha value is -2.09. The van der Waals surface area contributed by atoms with Gasteiger partial charge in [-0.05, 0) is 54.1 Å². The second kappa shape index (κ2) is 8.07. The van der Waals surface area contributed by atoms with Crippen LogP contribution in [0, 0.1) is 13.8 Å². The van der Waals surface area contributed by atoms with Gasteiger partial charge in [0.2, 0.25) is 11.1 Å². The van der Waals surface area contributed by atoms with E-state index in [2.05, 4.69) is 26.9 Å². The van der Waals surface area contributed by atoms with Gasteiger partial charge in [0, 0.05) is 5.02 Å². The second-order valence-electron chi connectivity index (χ2n) is 5.62. The van der Waals surface area contributed by atoms with Crippen LogP contribution in [0.3, 0.4) is 0 Å². The first-order valence-corrected chi connectivity index (χ1v) is 9.42. The Bertz CT molecular complexity index is 960. The van der Waals surface area contributed by atoms with E-state index >= 15 is 0 Å². The largest absolute Gasteiger partial charge is 0.324 e. The fourth-order valence-electron chi connectivity index (χ4n) is 2.37. The van der Waals surface area contributed by atoms with Gasteiger partial charge in [-0.25, -0.2) is 0 Å². The van der Waals surface area contributed by atoms with Crippen molar-refractivity contribution in [2.45, 2.75) is 19.0 Å². The number of hydrogen-bond acceptors (Lipinski definition) is 5. The van der Waals surface area contributed by atoms with Crippen LogP contribution >= 0.6 is 35.0 Å². The smallest absolute Gasteiger partial charge is 0.234 e. The summed E-state index contributed by atoms with van der Waals surface area (Å²) >= 11 is 13.2. The average molecular weight is 408 g/mol. The van der Waals surface area contributed by atoms with Crippen LogP contribution in [0.4, 0.5) is 5.69 Å². The maximum absolute atomic E-state index is 12.2. The number of carbonyl (C=O) groups excluding carboxylic acids is 1. The first kappa shape index (κ1) is 18.7. The molecule has 0 fully saturated rings. The Morgan fingerprint density at radius 3 is 2.73 bits per heavy atom. The molecule has 0 spiro atoms. The SMILES string of the molecule is Cc1ccc(-n2nnnc2SCC(=O)Nc2ccc(Cl)cc2Cl)c(C)c1. The molecule has 9 heteroatoms. The Morgan fingerprint density at radius 1 is 1.19 bits per heavy atom. The number of thioether (sulfide) groups is 1. The Labute approximate surface area is 164 Å². The van der Waals surface area contributed by atoms with Gasteiger partial charge in [-0.3, -0.25) is 4.79 Å². The zero-order valence-electron chi connectivity index (χ0n) is 14.0. The molecule has 134 valence electrons. The predicted octanol–water partition coefficient (Wildman–Crippen LogP) is 4.32. The molecule has 0 aliphatic heterocycles. The van der Waals surface area contributed by atoms with Crippen LogP contribution in [0.15, 0.2) is 41.6 Å². The fraction of sp³-hybridized carbons (Fsp3) is 0.176. The number of halogens is 2. The first-order chi connectivity index (χ1) is 12.4. The third-order valence-electron chi connectivity index (χ3n) is 3.56. The molecule has 1 N–H and O–H groups in total. The van der Waals surface area contributed by atoms with E-state index in [1.54, 1.807) is 22.9 Å². The summed E-state index contributed by atoms with van der Waals surface area (Å²) in [5, 5.41) is 15.9. The van der Waals surface area contributed by atoms with Crippen molar-refractivity contribution in [1.82, 2.24) is 20.2 Å². The van der Waals surface area contributed by atoms with Crippen LogP contribution in [0.2, 0.25) is 10.0 Å². The molecule has 2 aromatic carbocycles. The maximum Gasteiger partial charge on any atom is 0.234 e. The number of benzene rings is 2. The van der Waals surface area contributed by atoms with E-state index in [1.165, 1.54) is 11.8 Å². The Kier molecular flexibility index (Phi) is 5.80. The van der Waals surface area contributed by atoms with E-state index in [4.69, 9.17) is 23.2 Å². The summed E-state index contributed by atoms with van der Waals surface area (Å²) in [7, 11) is 0. The number of carbonyl (C=O) groups is 1. The predicted molar refractivity (Wildman–Crippen MR) is 104 cm³/mol. The van der Waals surface area contributed by atoms with Crippen molar-refractivity contribution in [3.8, 4) is 5.69 Å². The summed E-state index contributed by atoms with van der Waals surface area (Å²) < 4.78 is 1.63. The van der Waals surface area contributed by atoms with Crippen LogP contribution in [-0.4, -0.2) is 31.9 Å². The monoisotopic (exact) mass is 407 g/mol. The number of tetrazole rings is 1.